The number of fused-ring (bicyclic) bond motifs is 1. The minimum atomic E-state index is -1.13. The van der Waals surface area contributed by atoms with Gasteiger partial charge in [-0.25, -0.2) is 9.07 Å². The standard InChI is InChI=1S/C30H26FN5O2/c1-21-11-5-6-14-23(21)29(30(38)32-19-22-12-3-2-4-13-22)36(26-17-9-7-15-24(26)31)28(37)20-35-27-18-10-8-16-25(27)33-34-35/h2-18,29H,19-20H2,1H3,(H,32,38)/t29-/m0/s1. The highest BCUT2D eigenvalue weighted by molar-refractivity contribution is 6.01. The van der Waals surface area contributed by atoms with E-state index in [2.05, 4.69) is 15.6 Å². The quantitative estimate of drug-likeness (QED) is 0.322. The summed E-state index contributed by atoms with van der Waals surface area (Å²) in [7, 11) is 0. The fourth-order valence-electron chi connectivity index (χ4n) is 4.48. The number of amides is 2. The molecule has 4 aromatic carbocycles. The lowest BCUT2D eigenvalue weighted by Crippen LogP contribution is -2.45. The van der Waals surface area contributed by atoms with Gasteiger partial charge in [0.05, 0.1) is 11.2 Å². The van der Waals surface area contributed by atoms with Crippen molar-refractivity contribution in [2.45, 2.75) is 26.1 Å². The van der Waals surface area contributed by atoms with Crippen molar-refractivity contribution in [1.82, 2.24) is 20.3 Å². The number of hydrogen-bond donors (Lipinski definition) is 1. The first-order valence-corrected chi connectivity index (χ1v) is 12.2. The molecule has 1 aromatic heterocycles. The predicted molar refractivity (Wildman–Crippen MR) is 144 cm³/mol. The smallest absolute Gasteiger partial charge is 0.249 e. The van der Waals surface area contributed by atoms with Crippen LogP contribution in [0.15, 0.2) is 103 Å². The van der Waals surface area contributed by atoms with E-state index in [4.69, 9.17) is 0 Å². The van der Waals surface area contributed by atoms with Gasteiger partial charge in [-0.05, 0) is 47.9 Å². The Labute approximate surface area is 219 Å². The third kappa shape index (κ3) is 5.15. The molecule has 5 aromatic rings. The van der Waals surface area contributed by atoms with Gasteiger partial charge in [0.1, 0.15) is 23.9 Å². The van der Waals surface area contributed by atoms with Gasteiger partial charge >= 0.3 is 0 Å². The molecule has 38 heavy (non-hydrogen) atoms. The molecule has 0 aliphatic carbocycles. The molecule has 0 spiro atoms. The molecule has 7 nitrogen and oxygen atoms in total. The Kier molecular flexibility index (Phi) is 7.21. The highest BCUT2D eigenvalue weighted by Crippen LogP contribution is 2.32. The van der Waals surface area contributed by atoms with Crippen LogP contribution in [0.2, 0.25) is 0 Å². The van der Waals surface area contributed by atoms with E-state index in [-0.39, 0.29) is 18.8 Å². The van der Waals surface area contributed by atoms with Crippen LogP contribution in [0, 0.1) is 12.7 Å². The fourth-order valence-corrected chi connectivity index (χ4v) is 4.48. The van der Waals surface area contributed by atoms with E-state index in [1.807, 2.05) is 61.5 Å². The van der Waals surface area contributed by atoms with Crippen molar-refractivity contribution in [3.8, 4) is 0 Å². The zero-order valence-corrected chi connectivity index (χ0v) is 20.8. The van der Waals surface area contributed by atoms with Crippen molar-refractivity contribution in [3.63, 3.8) is 0 Å². The molecule has 8 heteroatoms. The third-order valence-electron chi connectivity index (χ3n) is 6.39. The van der Waals surface area contributed by atoms with Crippen LogP contribution in [0.3, 0.4) is 0 Å². The predicted octanol–water partition coefficient (Wildman–Crippen LogP) is 4.97. The molecule has 0 saturated heterocycles. The second kappa shape index (κ2) is 11.0. The molecule has 0 aliphatic heterocycles. The van der Waals surface area contributed by atoms with Gasteiger partial charge < -0.3 is 5.32 Å². The Hall–Kier alpha value is -4.85. The molecule has 5 rings (SSSR count). The fraction of sp³-hybridized carbons (Fsp3) is 0.133. The van der Waals surface area contributed by atoms with Crippen LogP contribution in [0.1, 0.15) is 22.7 Å². The number of hydrogen-bond acceptors (Lipinski definition) is 4. The van der Waals surface area contributed by atoms with Crippen LogP contribution in [0.25, 0.3) is 11.0 Å². The number of carbonyl (C=O) groups is 2. The second-order valence-corrected chi connectivity index (χ2v) is 8.91. The van der Waals surface area contributed by atoms with Crippen LogP contribution < -0.4 is 10.2 Å². The Morgan fingerprint density at radius 1 is 0.895 bits per heavy atom. The van der Waals surface area contributed by atoms with Gasteiger partial charge in [-0.1, -0.05) is 84.1 Å². The summed E-state index contributed by atoms with van der Waals surface area (Å²) in [6, 6.07) is 28.9. The molecule has 0 bridgehead atoms. The molecular weight excluding hydrogens is 481 g/mol. The van der Waals surface area contributed by atoms with Gasteiger partial charge in [0.25, 0.3) is 0 Å². The van der Waals surface area contributed by atoms with Crippen LogP contribution in [-0.4, -0.2) is 26.8 Å². The lowest BCUT2D eigenvalue weighted by atomic mass is 9.98. The number of nitrogens with zero attached hydrogens (tertiary/aromatic N) is 4. The summed E-state index contributed by atoms with van der Waals surface area (Å²) in [6.45, 7) is 1.89. The minimum Gasteiger partial charge on any atom is -0.350 e. The zero-order valence-electron chi connectivity index (χ0n) is 20.8. The van der Waals surface area contributed by atoms with Gasteiger partial charge in [-0.15, -0.1) is 5.10 Å². The SMILES string of the molecule is Cc1ccccc1[C@@H](C(=O)NCc1ccccc1)N(C(=O)Cn1nnc2ccccc21)c1ccccc1F. The van der Waals surface area contributed by atoms with Crippen molar-refractivity contribution in [3.05, 3.63) is 126 Å². The topological polar surface area (TPSA) is 80.1 Å². The molecular formula is C30H26FN5O2. The van der Waals surface area contributed by atoms with E-state index in [1.54, 1.807) is 36.4 Å². The van der Waals surface area contributed by atoms with Crippen molar-refractivity contribution in [2.75, 3.05) is 4.90 Å². The molecule has 2 amide bonds. The summed E-state index contributed by atoms with van der Waals surface area (Å²) in [4.78, 5) is 29.1. The Morgan fingerprint density at radius 2 is 1.58 bits per heavy atom. The molecule has 0 aliphatic rings. The van der Waals surface area contributed by atoms with Crippen molar-refractivity contribution >= 4 is 28.5 Å². The first-order valence-electron chi connectivity index (χ1n) is 12.2. The largest absolute Gasteiger partial charge is 0.350 e. The maximum Gasteiger partial charge on any atom is 0.249 e. The number of aryl methyl sites for hydroxylation is 1. The molecule has 1 atom stereocenters. The third-order valence-corrected chi connectivity index (χ3v) is 6.39. The summed E-state index contributed by atoms with van der Waals surface area (Å²) in [5.41, 5.74) is 3.60. The van der Waals surface area contributed by atoms with E-state index in [0.717, 1.165) is 11.1 Å². The number of aromatic nitrogens is 3. The van der Waals surface area contributed by atoms with E-state index in [9.17, 15) is 9.59 Å². The Morgan fingerprint density at radius 3 is 2.37 bits per heavy atom. The molecule has 0 unspecified atom stereocenters. The summed E-state index contributed by atoms with van der Waals surface area (Å²) < 4.78 is 16.7. The normalized spacial score (nSPS) is 11.7. The molecule has 0 saturated carbocycles. The first kappa shape index (κ1) is 24.8. The van der Waals surface area contributed by atoms with Gasteiger partial charge in [0, 0.05) is 6.54 Å². The maximum atomic E-state index is 15.3. The number of anilines is 1. The van der Waals surface area contributed by atoms with Crippen LogP contribution in [0.4, 0.5) is 10.1 Å². The average Bonchev–Trinajstić information content (AvgIpc) is 3.34. The first-order chi connectivity index (χ1) is 18.5. The number of carbonyl (C=O) groups excluding carboxylic acids is 2. The molecule has 1 N–H and O–H groups in total. The average molecular weight is 508 g/mol. The van der Waals surface area contributed by atoms with Crippen LogP contribution in [-0.2, 0) is 22.7 Å². The monoisotopic (exact) mass is 507 g/mol. The molecule has 0 fully saturated rings. The van der Waals surface area contributed by atoms with Crippen molar-refractivity contribution in [2.24, 2.45) is 0 Å². The number of nitrogens with one attached hydrogen (secondary N) is 1. The minimum absolute atomic E-state index is 0.00466. The van der Waals surface area contributed by atoms with Crippen LogP contribution >= 0.6 is 0 Å². The van der Waals surface area contributed by atoms with E-state index in [1.165, 1.54) is 21.7 Å². The summed E-state index contributed by atoms with van der Waals surface area (Å²) >= 11 is 0. The van der Waals surface area contributed by atoms with Crippen molar-refractivity contribution < 1.29 is 14.0 Å². The molecule has 1 heterocycles. The highest BCUT2D eigenvalue weighted by Gasteiger charge is 2.35. The van der Waals surface area contributed by atoms with E-state index >= 15 is 4.39 Å². The van der Waals surface area contributed by atoms with Gasteiger partial charge in [-0.2, -0.15) is 0 Å². The number of benzene rings is 4. The van der Waals surface area contributed by atoms with Crippen LogP contribution in [0.5, 0.6) is 0 Å². The lowest BCUT2D eigenvalue weighted by molar-refractivity contribution is -0.127. The maximum absolute atomic E-state index is 15.3. The molecule has 190 valence electrons. The van der Waals surface area contributed by atoms with Crippen molar-refractivity contribution in [1.29, 1.82) is 0 Å². The second-order valence-electron chi connectivity index (χ2n) is 8.91. The number of rotatable bonds is 8. The molecule has 0 radical (unpaired) electrons. The number of halogens is 1. The summed E-state index contributed by atoms with van der Waals surface area (Å²) in [5.74, 6) is -1.55. The van der Waals surface area contributed by atoms with E-state index < -0.39 is 23.7 Å². The van der Waals surface area contributed by atoms with Gasteiger partial charge in [0.2, 0.25) is 11.8 Å². The summed E-state index contributed by atoms with van der Waals surface area (Å²) in [6.07, 6.45) is 0. The van der Waals surface area contributed by atoms with Gasteiger partial charge in [0.15, 0.2) is 0 Å². The Balaban J connectivity index is 1.58. The Bertz CT molecular complexity index is 1580. The lowest BCUT2D eigenvalue weighted by Gasteiger charge is -2.32. The van der Waals surface area contributed by atoms with Gasteiger partial charge in [-0.3, -0.25) is 14.5 Å². The van der Waals surface area contributed by atoms with E-state index in [0.29, 0.717) is 16.6 Å². The number of para-hydroxylation sites is 2. The summed E-state index contributed by atoms with van der Waals surface area (Å²) in [5, 5.41) is 11.2. The zero-order chi connectivity index (χ0) is 26.5. The highest BCUT2D eigenvalue weighted by atomic mass is 19.1.